The van der Waals surface area contributed by atoms with Gasteiger partial charge in [0.1, 0.15) is 10.0 Å². The maximum absolute atomic E-state index is 13.4. The molecule has 2 fully saturated rings. The van der Waals surface area contributed by atoms with Crippen LogP contribution in [0.3, 0.4) is 0 Å². The van der Waals surface area contributed by atoms with Crippen molar-refractivity contribution in [1.29, 1.82) is 0 Å². The number of Topliss-reactive ketones (excluding diaryl/α,β-unsaturated/α-hetero) is 4. The number of allylic oxidation sites excluding steroid dienone is 2. The van der Waals surface area contributed by atoms with Crippen molar-refractivity contribution in [1.82, 2.24) is 4.57 Å². The van der Waals surface area contributed by atoms with Crippen LogP contribution in [0.15, 0.2) is 440 Å². The first-order chi connectivity index (χ1) is 66.2. The number of aryl methyl sites for hydroxylation is 2. The number of thioether (sulfide) groups is 2. The molecule has 0 spiro atoms. The van der Waals surface area contributed by atoms with Crippen molar-refractivity contribution >= 4 is 239 Å². The summed E-state index contributed by atoms with van der Waals surface area (Å²) in [6.45, 7) is 0. The first kappa shape index (κ1) is 85.9. The third-order valence-electron chi connectivity index (χ3n) is 23.9. The van der Waals surface area contributed by atoms with Crippen molar-refractivity contribution < 1.29 is 28.8 Å². The number of rotatable bonds is 22. The van der Waals surface area contributed by atoms with E-state index in [0.717, 1.165) is 141 Å². The van der Waals surface area contributed by atoms with Gasteiger partial charge in [0, 0.05) is 105 Å². The Labute approximate surface area is 807 Å². The second-order valence-electron chi connectivity index (χ2n) is 32.3. The Hall–Kier alpha value is -15.8. The highest BCUT2D eigenvalue weighted by Gasteiger charge is 2.37. The second-order valence-corrected chi connectivity index (χ2v) is 38.0. The standard InChI is InChI=1S/C62H39N3O4.C54H38N4O2S6/c66-59-51-20-10-11-21-52(51)60(67)55(59)36-40-24-28-45(29-25-40)63(42-14-4-1-5-15-42)47-32-34-49-50-35-33-48(39-58(50)65(57(49)38-47)44-18-8-3-9-19-44)64(43-16-6-2-7-17-43)46-30-26-41(27-31-46)37-56-61(68)53-22-12-13-23-54(53)62(56)69;59-51-47(65-53(61)57(51)41-17-9-3-10-18-41)35-37-21-25-43(26-22-37)55(39-13-5-1-6-14-39)49-33-31-45(63-49)29-30-46-32-34-50(64-46)56(40-15-7-2-8-16-40)44-27-23-38(24-28-44)36-48-52(60)58(54(62)66-48)42-19-11-4-12-20-42/h1-39H;1-28,31-36H,29-30H2/b;47-35-,48-36-. The third-order valence-corrected chi connectivity index (χ3v) is 28.8. The lowest BCUT2D eigenvalue weighted by atomic mass is 10.1. The summed E-state index contributed by atoms with van der Waals surface area (Å²) in [7, 11) is 0. The number of thiocarbonyl (C=S) groups is 2. The molecular weight excluding hydrogens is 1780 g/mol. The molecule has 0 unspecified atom stereocenters. The van der Waals surface area contributed by atoms with E-state index in [1.54, 1.807) is 93.2 Å². The van der Waals surface area contributed by atoms with E-state index in [1.165, 1.54) is 33.3 Å². The molecule has 2 aliphatic heterocycles. The molecule has 13 nitrogen and oxygen atoms in total. The molecule has 19 heteroatoms. The van der Waals surface area contributed by atoms with E-state index in [4.69, 9.17) is 24.4 Å². The van der Waals surface area contributed by atoms with Gasteiger partial charge < -0.3 is 24.2 Å². The van der Waals surface area contributed by atoms with Gasteiger partial charge >= 0.3 is 0 Å². The maximum Gasteiger partial charge on any atom is 0.270 e. The van der Waals surface area contributed by atoms with Gasteiger partial charge in [0.15, 0.2) is 31.8 Å². The maximum atomic E-state index is 13.4. The number of aromatic nitrogens is 1. The van der Waals surface area contributed by atoms with Gasteiger partial charge in [0.2, 0.25) is 0 Å². The van der Waals surface area contributed by atoms with Crippen LogP contribution in [-0.2, 0) is 22.4 Å². The van der Waals surface area contributed by atoms with Gasteiger partial charge in [-0.05, 0) is 241 Å². The molecule has 18 aromatic rings. The number of ketones is 4. The highest BCUT2D eigenvalue weighted by Crippen LogP contribution is 2.48. The largest absolute Gasteiger partial charge is 0.310 e. The van der Waals surface area contributed by atoms with E-state index in [0.29, 0.717) is 40.7 Å². The van der Waals surface area contributed by atoms with Crippen molar-refractivity contribution in [2.24, 2.45) is 0 Å². The highest BCUT2D eigenvalue weighted by molar-refractivity contribution is 8.27. The van der Waals surface area contributed by atoms with Crippen LogP contribution in [0.4, 0.5) is 78.3 Å². The minimum Gasteiger partial charge on any atom is -0.310 e. The average molecular weight is 1860 g/mol. The van der Waals surface area contributed by atoms with Crippen LogP contribution in [-0.4, -0.2) is 48.2 Å². The summed E-state index contributed by atoms with van der Waals surface area (Å²) in [6, 6.07) is 139. The van der Waals surface area contributed by atoms with E-state index < -0.39 is 0 Å². The van der Waals surface area contributed by atoms with Gasteiger partial charge in [0.05, 0.1) is 43.4 Å². The SMILES string of the molecule is O=C1/C(=C/c2ccc(N(c3ccccc3)c3ccc(CCc4ccc(N(c5ccccc5)c5ccc(/C=C6\SC(=S)N(c7ccccc7)C6=O)cc5)s4)s3)cc2)SC(=S)N1c1ccccc1.O=C1C(=Cc2ccc(N(c3ccccc3)c3ccc4c5ccc(N(c6ccccc6)c6ccc(C=C7C(=O)c8ccccc8C7=O)cc6)cc5n(-c5ccccc5)c4c3)cc2)C(=O)c2ccccc21. The van der Waals surface area contributed by atoms with Crippen LogP contribution in [0.5, 0.6) is 0 Å². The summed E-state index contributed by atoms with van der Waals surface area (Å²) >= 11 is 17.5. The fourth-order valence-corrected chi connectivity index (χ4v) is 22.2. The summed E-state index contributed by atoms with van der Waals surface area (Å²) < 4.78 is 3.38. The molecule has 5 heterocycles. The number of carbonyl (C=O) groups excluding carboxylic acids is 6. The molecule has 2 amide bonds. The minimum absolute atomic E-state index is 0.106. The lowest BCUT2D eigenvalue weighted by Crippen LogP contribution is -2.27. The molecule has 135 heavy (non-hydrogen) atoms. The number of para-hydroxylation sites is 7. The Morgan fingerprint density at radius 1 is 0.252 bits per heavy atom. The minimum atomic E-state index is -0.250. The molecule has 0 saturated carbocycles. The van der Waals surface area contributed by atoms with Crippen LogP contribution >= 0.6 is 70.6 Å². The van der Waals surface area contributed by atoms with Crippen LogP contribution in [0.25, 0.3) is 51.8 Å². The number of thiophene rings is 2. The Morgan fingerprint density at radius 3 is 0.830 bits per heavy atom. The smallest absolute Gasteiger partial charge is 0.270 e. The molecule has 2 saturated heterocycles. The Morgan fingerprint density at radius 2 is 0.511 bits per heavy atom. The number of nitrogens with zero attached hydrogens (tertiary/aromatic N) is 7. The van der Waals surface area contributed by atoms with Crippen LogP contribution in [0.2, 0.25) is 0 Å². The van der Waals surface area contributed by atoms with Crippen molar-refractivity contribution in [3.05, 3.63) is 494 Å². The molecule has 648 valence electrons. The monoisotopic (exact) mass is 1860 g/mol. The number of fused-ring (bicyclic) bond motifs is 5. The van der Waals surface area contributed by atoms with Gasteiger partial charge in [-0.25, -0.2) is 0 Å². The van der Waals surface area contributed by atoms with Crippen molar-refractivity contribution in [2.45, 2.75) is 12.8 Å². The average Bonchev–Trinajstić information content (AvgIpc) is 1.58. The molecule has 3 aromatic heterocycles. The number of benzene rings is 15. The molecule has 15 aromatic carbocycles. The summed E-state index contributed by atoms with van der Waals surface area (Å²) in [5.74, 6) is -1.21. The van der Waals surface area contributed by atoms with Gasteiger partial charge in [-0.2, -0.15) is 0 Å². The first-order valence-corrected chi connectivity index (χ1v) is 47.9. The highest BCUT2D eigenvalue weighted by atomic mass is 32.2. The number of hydrogen-bond donors (Lipinski definition) is 0. The van der Waals surface area contributed by atoms with Crippen LogP contribution in [0, 0.1) is 0 Å². The van der Waals surface area contributed by atoms with Crippen molar-refractivity contribution in [3.8, 4) is 5.69 Å². The fourth-order valence-electron chi connectivity index (χ4n) is 17.5. The molecular formula is C116H77N7O6S6. The molecule has 0 N–H and O–H groups in total. The first-order valence-electron chi connectivity index (χ1n) is 43.8. The molecule has 0 atom stereocenters. The van der Waals surface area contributed by atoms with Gasteiger partial charge in [0.25, 0.3) is 11.8 Å². The topological polar surface area (TPSA) is 127 Å². The summed E-state index contributed by atoms with van der Waals surface area (Å²) in [5, 5.41) is 4.43. The van der Waals surface area contributed by atoms with Gasteiger partial charge in [-0.1, -0.05) is 285 Å². The van der Waals surface area contributed by atoms with Crippen molar-refractivity contribution in [3.63, 3.8) is 0 Å². The summed E-state index contributed by atoms with van der Waals surface area (Å²) in [4.78, 5) is 95.7. The van der Waals surface area contributed by atoms with E-state index in [-0.39, 0.29) is 46.1 Å². The molecule has 4 aliphatic rings. The Bertz CT molecular complexity index is 7310. The summed E-state index contributed by atoms with van der Waals surface area (Å²) in [5.41, 5.74) is 20.0. The normalized spacial score (nSPS) is 14.0. The second kappa shape index (κ2) is 37.8. The van der Waals surface area contributed by atoms with Gasteiger partial charge in [-0.3, -0.25) is 38.6 Å². The molecule has 22 rings (SSSR count). The van der Waals surface area contributed by atoms with Crippen LogP contribution in [0.1, 0.15) is 73.4 Å². The Balaban J connectivity index is 0.000000162. The van der Waals surface area contributed by atoms with E-state index in [2.05, 4.69) is 230 Å². The zero-order valence-corrected chi connectivity index (χ0v) is 77.0. The van der Waals surface area contributed by atoms with E-state index in [1.807, 2.05) is 176 Å². The van der Waals surface area contributed by atoms with E-state index in [9.17, 15) is 28.8 Å². The van der Waals surface area contributed by atoms with Crippen molar-refractivity contribution in [2.75, 3.05) is 29.4 Å². The van der Waals surface area contributed by atoms with Crippen LogP contribution < -0.4 is 29.4 Å². The number of hydrogen-bond acceptors (Lipinski definition) is 16. The zero-order valence-electron chi connectivity index (χ0n) is 72.1. The zero-order chi connectivity index (χ0) is 91.6. The van der Waals surface area contributed by atoms with E-state index >= 15 is 0 Å². The summed E-state index contributed by atoms with van der Waals surface area (Å²) in [6.07, 6.45) is 9.03. The predicted octanol–water partition coefficient (Wildman–Crippen LogP) is 30.0. The number of carbonyl (C=O) groups is 6. The quantitative estimate of drug-likeness (QED) is 0.0363. The molecule has 0 radical (unpaired) electrons. The van der Waals surface area contributed by atoms with Gasteiger partial charge in [-0.15, -0.1) is 22.7 Å². The number of anilines is 14. The Kier molecular flexibility index (Phi) is 24.1. The fraction of sp³-hybridized carbons (Fsp3) is 0.0172. The lowest BCUT2D eigenvalue weighted by Gasteiger charge is -2.26. The lowest BCUT2D eigenvalue weighted by molar-refractivity contribution is -0.114. The number of amides is 2. The predicted molar refractivity (Wildman–Crippen MR) is 566 cm³/mol. The molecule has 2 aliphatic carbocycles. The molecule has 0 bridgehead atoms. The third kappa shape index (κ3) is 17.3.